The van der Waals surface area contributed by atoms with Crippen LogP contribution in [0.2, 0.25) is 5.02 Å². The van der Waals surface area contributed by atoms with Crippen LogP contribution in [-0.2, 0) is 22.9 Å². The number of hydrogen-bond donors (Lipinski definition) is 1. The number of carbonyl (C=O) groups is 1. The van der Waals surface area contributed by atoms with Gasteiger partial charge in [-0.15, -0.1) is 11.3 Å². The normalized spacial score (nSPS) is 17.2. The number of carbonyl (C=O) groups excluding carboxylic acids is 1. The molecule has 1 aliphatic carbocycles. The number of sulfonamides is 1. The summed E-state index contributed by atoms with van der Waals surface area (Å²) < 4.78 is 27.8. The molecule has 0 unspecified atom stereocenters. The van der Waals surface area contributed by atoms with Gasteiger partial charge in [-0.05, 0) is 55.9 Å². The highest BCUT2D eigenvalue weighted by Gasteiger charge is 2.29. The lowest BCUT2D eigenvalue weighted by atomic mass is 10.1. The molecule has 1 amide bonds. The Labute approximate surface area is 185 Å². The lowest BCUT2D eigenvalue weighted by Gasteiger charge is -2.21. The third kappa shape index (κ3) is 4.00. The van der Waals surface area contributed by atoms with E-state index >= 15 is 0 Å². The van der Waals surface area contributed by atoms with Crippen LogP contribution in [0.5, 0.6) is 0 Å². The van der Waals surface area contributed by atoms with Gasteiger partial charge in [-0.2, -0.15) is 9.57 Å². The van der Waals surface area contributed by atoms with E-state index in [1.165, 1.54) is 33.8 Å². The topological polar surface area (TPSA) is 90.3 Å². The van der Waals surface area contributed by atoms with Crippen LogP contribution in [0.3, 0.4) is 0 Å². The highest BCUT2D eigenvalue weighted by Crippen LogP contribution is 2.39. The molecular weight excluding hydrogens is 442 g/mol. The van der Waals surface area contributed by atoms with Crippen LogP contribution in [-0.4, -0.2) is 31.7 Å². The molecule has 2 aromatic rings. The van der Waals surface area contributed by atoms with Crippen molar-refractivity contribution in [1.82, 2.24) is 4.31 Å². The summed E-state index contributed by atoms with van der Waals surface area (Å²) in [5.41, 5.74) is 1.75. The van der Waals surface area contributed by atoms with Gasteiger partial charge < -0.3 is 5.32 Å². The highest BCUT2D eigenvalue weighted by atomic mass is 35.5. The molecule has 2 aliphatic rings. The summed E-state index contributed by atoms with van der Waals surface area (Å²) >= 11 is 7.65. The molecule has 9 heteroatoms. The van der Waals surface area contributed by atoms with Gasteiger partial charge in [0.25, 0.3) is 5.91 Å². The van der Waals surface area contributed by atoms with Gasteiger partial charge in [0, 0.05) is 23.5 Å². The van der Waals surface area contributed by atoms with Crippen LogP contribution < -0.4 is 5.32 Å². The standard InChI is InChI=1S/C21H22ClN3O3S2/c22-17-9-8-14(12-19(17)30(27,28)25-10-3-1-2-4-11-25)20(26)24-21-16(13-23)15-6-5-7-18(15)29-21/h8-9,12H,1-7,10-11H2,(H,24,26). The van der Waals surface area contributed by atoms with Gasteiger partial charge >= 0.3 is 0 Å². The van der Waals surface area contributed by atoms with Gasteiger partial charge in [-0.25, -0.2) is 8.42 Å². The summed E-state index contributed by atoms with van der Waals surface area (Å²) in [7, 11) is -3.78. The maximum absolute atomic E-state index is 13.2. The summed E-state index contributed by atoms with van der Waals surface area (Å²) in [6, 6.07) is 6.49. The molecule has 1 aromatic heterocycles. The number of nitrogens with zero attached hydrogens (tertiary/aromatic N) is 2. The highest BCUT2D eigenvalue weighted by molar-refractivity contribution is 7.89. The molecular formula is C21H22ClN3O3S2. The molecule has 158 valence electrons. The second-order valence-electron chi connectivity index (χ2n) is 7.59. The zero-order valence-electron chi connectivity index (χ0n) is 16.4. The summed E-state index contributed by atoms with van der Waals surface area (Å²) in [6.45, 7) is 0.919. The molecule has 0 bridgehead atoms. The van der Waals surface area contributed by atoms with E-state index in [1.54, 1.807) is 0 Å². The quantitative estimate of drug-likeness (QED) is 0.718. The minimum absolute atomic E-state index is 0.0482. The second-order valence-corrected chi connectivity index (χ2v) is 11.0. The van der Waals surface area contributed by atoms with E-state index in [0.717, 1.165) is 55.4 Å². The molecule has 1 saturated heterocycles. The molecule has 0 spiro atoms. The molecule has 0 radical (unpaired) electrons. The van der Waals surface area contributed by atoms with Crippen LogP contribution in [0.1, 0.15) is 58.5 Å². The van der Waals surface area contributed by atoms with Gasteiger partial charge in [0.1, 0.15) is 16.0 Å². The number of hydrogen-bond acceptors (Lipinski definition) is 5. The van der Waals surface area contributed by atoms with Crippen molar-refractivity contribution in [3.63, 3.8) is 0 Å². The van der Waals surface area contributed by atoms with Gasteiger partial charge in [0.15, 0.2) is 0 Å². The molecule has 30 heavy (non-hydrogen) atoms. The number of nitriles is 1. The van der Waals surface area contributed by atoms with Gasteiger partial charge in [-0.3, -0.25) is 4.79 Å². The van der Waals surface area contributed by atoms with E-state index < -0.39 is 15.9 Å². The first-order valence-corrected chi connectivity index (χ1v) is 12.7. The average molecular weight is 464 g/mol. The van der Waals surface area contributed by atoms with Crippen molar-refractivity contribution in [1.29, 1.82) is 5.26 Å². The summed E-state index contributed by atoms with van der Waals surface area (Å²) in [4.78, 5) is 14.0. The number of anilines is 1. The van der Waals surface area contributed by atoms with E-state index in [1.807, 2.05) is 0 Å². The number of aryl methyl sites for hydroxylation is 1. The van der Waals surface area contributed by atoms with Crippen molar-refractivity contribution >= 4 is 43.9 Å². The van der Waals surface area contributed by atoms with Crippen LogP contribution in [0, 0.1) is 11.3 Å². The van der Waals surface area contributed by atoms with E-state index in [4.69, 9.17) is 11.6 Å². The Bertz CT molecular complexity index is 1130. The third-order valence-corrected chi connectivity index (χ3v) is 9.22. The number of fused-ring (bicyclic) bond motifs is 1. The second kappa shape index (κ2) is 8.67. The number of rotatable bonds is 4. The Kier molecular flexibility index (Phi) is 6.16. The van der Waals surface area contributed by atoms with Gasteiger partial charge in [0.2, 0.25) is 10.0 Å². The molecule has 1 aromatic carbocycles. The van der Waals surface area contributed by atoms with E-state index in [0.29, 0.717) is 23.7 Å². The van der Waals surface area contributed by atoms with Crippen LogP contribution in [0.15, 0.2) is 23.1 Å². The van der Waals surface area contributed by atoms with Crippen molar-refractivity contribution in [2.45, 2.75) is 49.8 Å². The number of benzene rings is 1. The fourth-order valence-electron chi connectivity index (χ4n) is 4.05. The average Bonchev–Trinajstić information content (AvgIpc) is 3.16. The Morgan fingerprint density at radius 1 is 1.13 bits per heavy atom. The Balaban J connectivity index is 1.62. The van der Waals surface area contributed by atoms with Gasteiger partial charge in [-0.1, -0.05) is 24.4 Å². The Morgan fingerprint density at radius 3 is 2.57 bits per heavy atom. The summed E-state index contributed by atoms with van der Waals surface area (Å²) in [6.07, 6.45) is 6.45. The molecule has 0 atom stereocenters. The van der Waals surface area contributed by atoms with Crippen LogP contribution >= 0.6 is 22.9 Å². The molecule has 1 N–H and O–H groups in total. The molecule has 1 aliphatic heterocycles. The monoisotopic (exact) mass is 463 g/mol. The first-order chi connectivity index (χ1) is 14.4. The van der Waals surface area contributed by atoms with E-state index in [2.05, 4.69) is 11.4 Å². The number of nitrogens with one attached hydrogen (secondary N) is 1. The van der Waals surface area contributed by atoms with Gasteiger partial charge in [0.05, 0.1) is 10.6 Å². The predicted octanol–water partition coefficient (Wildman–Crippen LogP) is 4.58. The molecule has 1 fully saturated rings. The Hall–Kier alpha value is -1.92. The minimum Gasteiger partial charge on any atom is -0.312 e. The molecule has 6 nitrogen and oxygen atoms in total. The van der Waals surface area contributed by atoms with Crippen molar-refractivity contribution in [3.05, 3.63) is 44.8 Å². The van der Waals surface area contributed by atoms with Crippen LogP contribution in [0.25, 0.3) is 0 Å². The lowest BCUT2D eigenvalue weighted by Crippen LogP contribution is -2.32. The van der Waals surface area contributed by atoms with Crippen molar-refractivity contribution in [3.8, 4) is 6.07 Å². The van der Waals surface area contributed by atoms with Crippen LogP contribution in [0.4, 0.5) is 5.00 Å². The molecule has 4 rings (SSSR count). The summed E-state index contributed by atoms with van der Waals surface area (Å²) in [5.74, 6) is -0.449. The molecule has 0 saturated carbocycles. The maximum atomic E-state index is 13.2. The lowest BCUT2D eigenvalue weighted by molar-refractivity contribution is 0.102. The number of amides is 1. The maximum Gasteiger partial charge on any atom is 0.256 e. The predicted molar refractivity (Wildman–Crippen MR) is 118 cm³/mol. The first-order valence-electron chi connectivity index (χ1n) is 10.1. The SMILES string of the molecule is N#Cc1c(NC(=O)c2ccc(Cl)c(S(=O)(=O)N3CCCCCC3)c2)sc2c1CCC2. The minimum atomic E-state index is -3.78. The van der Waals surface area contributed by atoms with Crippen molar-refractivity contribution in [2.75, 3.05) is 18.4 Å². The number of halogens is 1. The fourth-order valence-corrected chi connectivity index (χ4v) is 7.30. The fraction of sp³-hybridized carbons (Fsp3) is 0.429. The van der Waals surface area contributed by atoms with E-state index in [-0.39, 0.29) is 15.5 Å². The van der Waals surface area contributed by atoms with E-state index in [9.17, 15) is 18.5 Å². The Morgan fingerprint density at radius 2 is 1.87 bits per heavy atom. The largest absolute Gasteiger partial charge is 0.312 e. The molecule has 2 heterocycles. The first kappa shape index (κ1) is 21.3. The van der Waals surface area contributed by atoms with Crippen molar-refractivity contribution < 1.29 is 13.2 Å². The third-order valence-electron chi connectivity index (χ3n) is 5.64. The number of thiophene rings is 1. The zero-order chi connectivity index (χ0) is 21.3. The van der Waals surface area contributed by atoms with Crippen molar-refractivity contribution in [2.24, 2.45) is 0 Å². The summed E-state index contributed by atoms with van der Waals surface area (Å²) in [5, 5.41) is 12.9. The zero-order valence-corrected chi connectivity index (χ0v) is 18.8. The smallest absolute Gasteiger partial charge is 0.256 e.